The van der Waals surface area contributed by atoms with Crippen molar-refractivity contribution in [3.8, 4) is 0 Å². The number of hydrogen-bond acceptors (Lipinski definition) is 2. The third kappa shape index (κ3) is 4.63. The second-order valence-electron chi connectivity index (χ2n) is 4.10. The van der Waals surface area contributed by atoms with Gasteiger partial charge in [0.05, 0.1) is 6.10 Å². The maximum absolute atomic E-state index is 9.54. The molecular formula is C11H22O2. The molecule has 1 aliphatic heterocycles. The average Bonchev–Trinajstić information content (AvgIpc) is 2.17. The topological polar surface area (TPSA) is 29.5 Å². The summed E-state index contributed by atoms with van der Waals surface area (Å²) in [4.78, 5) is 0. The Balaban J connectivity index is 2.03. The van der Waals surface area contributed by atoms with Gasteiger partial charge in [0, 0.05) is 13.2 Å². The summed E-state index contributed by atoms with van der Waals surface area (Å²) in [5, 5.41) is 9.54. The minimum atomic E-state index is -0.0769. The number of hydrogen-bond donors (Lipinski definition) is 1. The van der Waals surface area contributed by atoms with Crippen LogP contribution in [0, 0.1) is 5.92 Å². The number of ether oxygens (including phenoxy) is 1. The summed E-state index contributed by atoms with van der Waals surface area (Å²) in [5.74, 6) is 0.709. The Morgan fingerprint density at radius 2 is 2.31 bits per heavy atom. The van der Waals surface area contributed by atoms with E-state index in [1.54, 1.807) is 0 Å². The molecule has 0 aromatic heterocycles. The van der Waals surface area contributed by atoms with E-state index >= 15 is 0 Å². The molecule has 0 radical (unpaired) electrons. The molecule has 0 aliphatic carbocycles. The smallest absolute Gasteiger partial charge is 0.0540 e. The van der Waals surface area contributed by atoms with E-state index in [-0.39, 0.29) is 6.10 Å². The molecule has 1 saturated heterocycles. The molecule has 2 nitrogen and oxygen atoms in total. The molecular weight excluding hydrogens is 164 g/mol. The molecule has 2 heteroatoms. The fourth-order valence-corrected chi connectivity index (χ4v) is 1.94. The molecule has 1 fully saturated rings. The first kappa shape index (κ1) is 11.0. The van der Waals surface area contributed by atoms with Crippen LogP contribution in [0.3, 0.4) is 0 Å². The van der Waals surface area contributed by atoms with Gasteiger partial charge in [-0.05, 0) is 38.0 Å². The molecule has 13 heavy (non-hydrogen) atoms. The second-order valence-corrected chi connectivity index (χ2v) is 4.10. The van der Waals surface area contributed by atoms with Crippen LogP contribution in [0.4, 0.5) is 0 Å². The first-order valence-electron chi connectivity index (χ1n) is 5.58. The van der Waals surface area contributed by atoms with E-state index in [1.165, 1.54) is 12.8 Å². The van der Waals surface area contributed by atoms with E-state index in [0.29, 0.717) is 5.92 Å². The Morgan fingerprint density at radius 1 is 1.46 bits per heavy atom. The SMILES string of the molecule is CCCC(O)CCC1CCCOC1. The molecule has 2 atom stereocenters. The molecule has 0 amide bonds. The minimum Gasteiger partial charge on any atom is -0.393 e. The molecule has 0 aromatic rings. The van der Waals surface area contributed by atoms with Gasteiger partial charge in [0.1, 0.15) is 0 Å². The third-order valence-electron chi connectivity index (χ3n) is 2.78. The molecule has 2 unspecified atom stereocenters. The highest BCUT2D eigenvalue weighted by Crippen LogP contribution is 2.20. The fourth-order valence-electron chi connectivity index (χ4n) is 1.94. The van der Waals surface area contributed by atoms with E-state index in [4.69, 9.17) is 4.74 Å². The summed E-state index contributed by atoms with van der Waals surface area (Å²) in [5.41, 5.74) is 0. The average molecular weight is 186 g/mol. The quantitative estimate of drug-likeness (QED) is 0.714. The molecule has 1 N–H and O–H groups in total. The van der Waals surface area contributed by atoms with Crippen molar-refractivity contribution in [2.75, 3.05) is 13.2 Å². The Bertz CT molecular complexity index is 119. The Morgan fingerprint density at radius 3 is 2.92 bits per heavy atom. The van der Waals surface area contributed by atoms with E-state index in [2.05, 4.69) is 6.92 Å². The first-order chi connectivity index (χ1) is 6.33. The van der Waals surface area contributed by atoms with E-state index < -0.39 is 0 Å². The van der Waals surface area contributed by atoms with Crippen molar-refractivity contribution in [1.82, 2.24) is 0 Å². The number of aliphatic hydroxyl groups is 1. The zero-order valence-corrected chi connectivity index (χ0v) is 8.67. The van der Waals surface area contributed by atoms with Gasteiger partial charge < -0.3 is 9.84 Å². The Hall–Kier alpha value is -0.0800. The lowest BCUT2D eigenvalue weighted by molar-refractivity contribution is 0.0434. The van der Waals surface area contributed by atoms with Crippen LogP contribution in [0.1, 0.15) is 45.4 Å². The summed E-state index contributed by atoms with van der Waals surface area (Å²) in [7, 11) is 0. The molecule has 0 saturated carbocycles. The highest BCUT2D eigenvalue weighted by atomic mass is 16.5. The van der Waals surface area contributed by atoms with Crippen molar-refractivity contribution < 1.29 is 9.84 Å². The summed E-state index contributed by atoms with van der Waals surface area (Å²) in [6, 6.07) is 0. The summed E-state index contributed by atoms with van der Waals surface area (Å²) in [6.45, 7) is 3.97. The maximum Gasteiger partial charge on any atom is 0.0540 e. The lowest BCUT2D eigenvalue weighted by Gasteiger charge is -2.22. The molecule has 0 bridgehead atoms. The molecule has 0 aromatic carbocycles. The van der Waals surface area contributed by atoms with Gasteiger partial charge in [0.25, 0.3) is 0 Å². The number of aliphatic hydroxyl groups excluding tert-OH is 1. The number of rotatable bonds is 5. The predicted octanol–water partition coefficient (Wildman–Crippen LogP) is 2.35. The van der Waals surface area contributed by atoms with Gasteiger partial charge in [-0.1, -0.05) is 13.3 Å². The molecule has 0 spiro atoms. The third-order valence-corrected chi connectivity index (χ3v) is 2.78. The highest BCUT2D eigenvalue weighted by molar-refractivity contribution is 4.65. The molecule has 1 heterocycles. The van der Waals surface area contributed by atoms with Gasteiger partial charge in [0.15, 0.2) is 0 Å². The summed E-state index contributed by atoms with van der Waals surface area (Å²) in [6.07, 6.45) is 6.55. The molecule has 1 aliphatic rings. The maximum atomic E-state index is 9.54. The van der Waals surface area contributed by atoms with E-state index in [0.717, 1.165) is 38.9 Å². The van der Waals surface area contributed by atoms with Crippen molar-refractivity contribution in [2.24, 2.45) is 5.92 Å². The van der Waals surface area contributed by atoms with E-state index in [1.807, 2.05) is 0 Å². The fraction of sp³-hybridized carbons (Fsp3) is 1.00. The normalized spacial score (nSPS) is 25.8. The molecule has 78 valence electrons. The van der Waals surface area contributed by atoms with Crippen LogP contribution in [0.2, 0.25) is 0 Å². The lowest BCUT2D eigenvalue weighted by Crippen LogP contribution is -2.19. The minimum absolute atomic E-state index is 0.0769. The second kappa shape index (κ2) is 6.39. The van der Waals surface area contributed by atoms with Gasteiger partial charge in [-0.15, -0.1) is 0 Å². The van der Waals surface area contributed by atoms with Crippen LogP contribution < -0.4 is 0 Å². The van der Waals surface area contributed by atoms with Gasteiger partial charge in [-0.25, -0.2) is 0 Å². The van der Waals surface area contributed by atoms with Crippen molar-refractivity contribution in [3.63, 3.8) is 0 Å². The first-order valence-corrected chi connectivity index (χ1v) is 5.58. The molecule has 1 rings (SSSR count). The van der Waals surface area contributed by atoms with Crippen LogP contribution >= 0.6 is 0 Å². The summed E-state index contributed by atoms with van der Waals surface area (Å²) >= 11 is 0. The van der Waals surface area contributed by atoms with Crippen molar-refractivity contribution in [3.05, 3.63) is 0 Å². The standard InChI is InChI=1S/C11H22O2/c1-2-4-11(12)7-6-10-5-3-8-13-9-10/h10-12H,2-9H2,1H3. The van der Waals surface area contributed by atoms with Crippen LogP contribution in [-0.2, 0) is 4.74 Å². The Labute approximate surface area is 81.3 Å². The van der Waals surface area contributed by atoms with Gasteiger partial charge in [-0.3, -0.25) is 0 Å². The lowest BCUT2D eigenvalue weighted by atomic mass is 9.94. The van der Waals surface area contributed by atoms with E-state index in [9.17, 15) is 5.11 Å². The Kier molecular flexibility index (Phi) is 5.40. The summed E-state index contributed by atoms with van der Waals surface area (Å²) < 4.78 is 5.39. The van der Waals surface area contributed by atoms with Crippen LogP contribution in [0.15, 0.2) is 0 Å². The van der Waals surface area contributed by atoms with Gasteiger partial charge >= 0.3 is 0 Å². The van der Waals surface area contributed by atoms with Crippen molar-refractivity contribution >= 4 is 0 Å². The van der Waals surface area contributed by atoms with Crippen molar-refractivity contribution in [1.29, 1.82) is 0 Å². The monoisotopic (exact) mass is 186 g/mol. The van der Waals surface area contributed by atoms with Crippen LogP contribution in [0.25, 0.3) is 0 Å². The largest absolute Gasteiger partial charge is 0.393 e. The van der Waals surface area contributed by atoms with Gasteiger partial charge in [0.2, 0.25) is 0 Å². The predicted molar refractivity (Wildman–Crippen MR) is 53.7 cm³/mol. The van der Waals surface area contributed by atoms with Crippen molar-refractivity contribution in [2.45, 2.75) is 51.6 Å². The van der Waals surface area contributed by atoms with Gasteiger partial charge in [-0.2, -0.15) is 0 Å². The zero-order chi connectivity index (χ0) is 9.52. The highest BCUT2D eigenvalue weighted by Gasteiger charge is 2.14. The van der Waals surface area contributed by atoms with Crippen LogP contribution in [-0.4, -0.2) is 24.4 Å². The zero-order valence-electron chi connectivity index (χ0n) is 8.67. The van der Waals surface area contributed by atoms with Crippen LogP contribution in [0.5, 0.6) is 0 Å².